The van der Waals surface area contributed by atoms with Gasteiger partial charge in [-0.1, -0.05) is 115 Å². The first kappa shape index (κ1) is 25.1. The Kier molecular flexibility index (Phi) is 4.78. The Hall–Kier alpha value is -6.19. The van der Waals surface area contributed by atoms with Gasteiger partial charge in [-0.2, -0.15) is 0 Å². The first-order chi connectivity index (χ1) is 23.3. The molecule has 7 aromatic carbocycles. The minimum absolute atomic E-state index is 0.494. The Morgan fingerprint density at radius 1 is 0.447 bits per heavy atom. The summed E-state index contributed by atoms with van der Waals surface area (Å²) in [6.07, 6.45) is 0. The highest BCUT2D eigenvalue weighted by Crippen LogP contribution is 2.61. The molecule has 11 rings (SSSR count). The molecular formula is C44H27N3. The Labute approximate surface area is 271 Å². The third-order valence-electron chi connectivity index (χ3n) is 10.5. The minimum Gasteiger partial charge on any atom is -0.309 e. The number of fused-ring (bicyclic) bond motifs is 13. The molecule has 1 aliphatic heterocycles. The molecule has 3 nitrogen and oxygen atoms in total. The molecule has 1 spiro atoms. The molecule has 0 bridgehead atoms. The molecule has 0 fully saturated rings. The molecule has 47 heavy (non-hydrogen) atoms. The van der Waals surface area contributed by atoms with Gasteiger partial charge in [0.05, 0.1) is 33.2 Å². The summed E-state index contributed by atoms with van der Waals surface area (Å²) >= 11 is 0. The molecule has 0 unspecified atom stereocenters. The normalized spacial score (nSPS) is 13.7. The zero-order valence-electron chi connectivity index (χ0n) is 25.4. The lowest BCUT2D eigenvalue weighted by atomic mass is 9.65. The monoisotopic (exact) mass is 597 g/mol. The van der Waals surface area contributed by atoms with Crippen molar-refractivity contribution in [1.29, 1.82) is 0 Å². The second-order valence-corrected chi connectivity index (χ2v) is 12.7. The van der Waals surface area contributed by atoms with Crippen LogP contribution in [0.4, 0.5) is 0 Å². The van der Waals surface area contributed by atoms with Gasteiger partial charge in [-0.15, -0.1) is 0 Å². The van der Waals surface area contributed by atoms with Crippen molar-refractivity contribution in [3.8, 4) is 33.9 Å². The molecule has 9 aromatic rings. The average Bonchev–Trinajstić information content (AvgIpc) is 3.79. The van der Waals surface area contributed by atoms with Crippen molar-refractivity contribution < 1.29 is 0 Å². The number of aromatic nitrogens is 3. The highest BCUT2D eigenvalue weighted by atomic mass is 15.1. The Balaban J connectivity index is 1.37. The van der Waals surface area contributed by atoms with E-state index >= 15 is 0 Å². The summed E-state index contributed by atoms with van der Waals surface area (Å²) in [6.45, 7) is 0. The zero-order chi connectivity index (χ0) is 30.7. The number of rotatable bonds is 2. The molecule has 0 N–H and O–H groups in total. The Morgan fingerprint density at radius 2 is 1.06 bits per heavy atom. The van der Waals surface area contributed by atoms with Crippen molar-refractivity contribution in [2.45, 2.75) is 5.41 Å². The average molecular weight is 598 g/mol. The van der Waals surface area contributed by atoms with Crippen molar-refractivity contribution in [3.63, 3.8) is 0 Å². The SMILES string of the molecule is c1ccc(-n2c(-c3cc4c5c(c3)c3ccccc3n5-c3ccccc3C43c4ccccc4-c4ccccc43)nc3ccccc32)cc1. The van der Waals surface area contributed by atoms with Crippen LogP contribution < -0.4 is 0 Å². The fourth-order valence-corrected chi connectivity index (χ4v) is 8.77. The first-order valence-corrected chi connectivity index (χ1v) is 16.2. The van der Waals surface area contributed by atoms with Gasteiger partial charge in [-0.25, -0.2) is 4.98 Å². The third kappa shape index (κ3) is 3.04. The number of para-hydroxylation sites is 5. The molecular weight excluding hydrogens is 571 g/mol. The van der Waals surface area contributed by atoms with E-state index < -0.39 is 5.41 Å². The van der Waals surface area contributed by atoms with E-state index in [1.165, 1.54) is 60.9 Å². The van der Waals surface area contributed by atoms with Gasteiger partial charge in [-0.3, -0.25) is 4.57 Å². The van der Waals surface area contributed by atoms with Crippen LogP contribution in [0.5, 0.6) is 0 Å². The number of nitrogens with zero attached hydrogens (tertiary/aromatic N) is 3. The summed E-state index contributed by atoms with van der Waals surface area (Å²) in [4.78, 5) is 5.35. The molecule has 2 aliphatic rings. The van der Waals surface area contributed by atoms with Crippen molar-refractivity contribution in [1.82, 2.24) is 14.1 Å². The molecule has 0 saturated carbocycles. The van der Waals surface area contributed by atoms with Crippen LogP contribution in [0.2, 0.25) is 0 Å². The predicted octanol–water partition coefficient (Wildman–Crippen LogP) is 10.5. The van der Waals surface area contributed by atoms with E-state index in [4.69, 9.17) is 4.98 Å². The number of imidazole rings is 1. The van der Waals surface area contributed by atoms with Crippen molar-refractivity contribution in [2.24, 2.45) is 0 Å². The van der Waals surface area contributed by atoms with Crippen LogP contribution in [0, 0.1) is 0 Å². The minimum atomic E-state index is -0.494. The van der Waals surface area contributed by atoms with Crippen LogP contribution >= 0.6 is 0 Å². The summed E-state index contributed by atoms with van der Waals surface area (Å²) in [7, 11) is 0. The van der Waals surface area contributed by atoms with Crippen LogP contribution in [0.25, 0.3) is 66.7 Å². The van der Waals surface area contributed by atoms with Crippen molar-refractivity contribution in [2.75, 3.05) is 0 Å². The van der Waals surface area contributed by atoms with Gasteiger partial charge in [0.2, 0.25) is 0 Å². The summed E-state index contributed by atoms with van der Waals surface area (Å²) in [6, 6.07) is 59.9. The maximum Gasteiger partial charge on any atom is 0.145 e. The lowest BCUT2D eigenvalue weighted by molar-refractivity contribution is 0.748. The van der Waals surface area contributed by atoms with Crippen molar-refractivity contribution >= 4 is 32.8 Å². The summed E-state index contributed by atoms with van der Waals surface area (Å²) in [5.74, 6) is 0.945. The molecule has 0 amide bonds. The highest BCUT2D eigenvalue weighted by Gasteiger charge is 2.50. The van der Waals surface area contributed by atoms with E-state index in [0.717, 1.165) is 28.1 Å². The lowest BCUT2D eigenvalue weighted by Crippen LogP contribution is -2.33. The third-order valence-corrected chi connectivity index (χ3v) is 10.5. The van der Waals surface area contributed by atoms with Crippen LogP contribution in [-0.2, 0) is 5.41 Å². The van der Waals surface area contributed by atoms with Gasteiger partial charge >= 0.3 is 0 Å². The largest absolute Gasteiger partial charge is 0.309 e. The number of hydrogen-bond acceptors (Lipinski definition) is 1. The molecule has 3 heterocycles. The molecule has 0 atom stereocenters. The summed E-state index contributed by atoms with van der Waals surface area (Å²) < 4.78 is 4.83. The second kappa shape index (κ2) is 8.96. The van der Waals surface area contributed by atoms with Crippen LogP contribution in [-0.4, -0.2) is 14.1 Å². The molecule has 3 heteroatoms. The summed E-state index contributed by atoms with van der Waals surface area (Å²) in [5, 5.41) is 2.50. The maximum atomic E-state index is 5.35. The molecule has 218 valence electrons. The quantitative estimate of drug-likeness (QED) is 0.194. The fraction of sp³-hybridized carbons (Fsp3) is 0.0227. The smallest absolute Gasteiger partial charge is 0.145 e. The molecule has 1 aliphatic carbocycles. The number of hydrogen-bond donors (Lipinski definition) is 0. The maximum absolute atomic E-state index is 5.35. The standard InChI is InChI=1S/C44H27N3/c1-2-14-29(15-3-1)46-41-25-13-10-22-38(41)45-43(46)28-26-33-32-18-6-11-23-39(32)47-40-24-12-9-21-36(40)44(37(27-28)42(33)47)34-19-7-4-16-30(34)31-17-5-8-20-35(31)44/h1-27H. The fourth-order valence-electron chi connectivity index (χ4n) is 8.77. The lowest BCUT2D eigenvalue weighted by Gasteiger charge is -2.39. The van der Waals surface area contributed by atoms with E-state index in [1.807, 2.05) is 0 Å². The van der Waals surface area contributed by atoms with Gasteiger partial charge in [0.1, 0.15) is 5.82 Å². The van der Waals surface area contributed by atoms with Crippen LogP contribution in [0.15, 0.2) is 164 Å². The predicted molar refractivity (Wildman–Crippen MR) is 192 cm³/mol. The van der Waals surface area contributed by atoms with Gasteiger partial charge < -0.3 is 4.57 Å². The van der Waals surface area contributed by atoms with Crippen LogP contribution in [0.1, 0.15) is 22.3 Å². The van der Waals surface area contributed by atoms with E-state index in [2.05, 4.69) is 173 Å². The van der Waals surface area contributed by atoms with Gasteiger partial charge in [0.15, 0.2) is 0 Å². The van der Waals surface area contributed by atoms with E-state index in [9.17, 15) is 0 Å². The van der Waals surface area contributed by atoms with Crippen molar-refractivity contribution in [3.05, 3.63) is 186 Å². The van der Waals surface area contributed by atoms with E-state index in [0.29, 0.717) is 0 Å². The van der Waals surface area contributed by atoms with Gasteiger partial charge in [-0.05, 0) is 81.9 Å². The van der Waals surface area contributed by atoms with E-state index in [-0.39, 0.29) is 0 Å². The topological polar surface area (TPSA) is 22.8 Å². The van der Waals surface area contributed by atoms with Crippen LogP contribution in [0.3, 0.4) is 0 Å². The summed E-state index contributed by atoms with van der Waals surface area (Å²) in [5.41, 5.74) is 15.4. The van der Waals surface area contributed by atoms with Gasteiger partial charge in [0, 0.05) is 22.0 Å². The molecule has 0 radical (unpaired) electrons. The van der Waals surface area contributed by atoms with Gasteiger partial charge in [0.25, 0.3) is 0 Å². The number of benzene rings is 7. The first-order valence-electron chi connectivity index (χ1n) is 16.2. The highest BCUT2D eigenvalue weighted by molar-refractivity contribution is 6.14. The Bertz CT molecular complexity index is 2700. The molecule has 2 aromatic heterocycles. The second-order valence-electron chi connectivity index (χ2n) is 12.7. The zero-order valence-corrected chi connectivity index (χ0v) is 25.4. The van der Waals surface area contributed by atoms with E-state index in [1.54, 1.807) is 0 Å². The molecule has 0 saturated heterocycles. The Morgan fingerprint density at radius 3 is 1.85 bits per heavy atom.